The van der Waals surface area contributed by atoms with Gasteiger partial charge < -0.3 is 10.1 Å². The Hall–Kier alpha value is -1.53. The molecule has 16 heavy (non-hydrogen) atoms. The van der Waals surface area contributed by atoms with Gasteiger partial charge >= 0.3 is 0 Å². The number of nitrogens with one attached hydrogen (secondary N) is 1. The van der Waals surface area contributed by atoms with Crippen LogP contribution in [0.25, 0.3) is 0 Å². The first-order chi connectivity index (χ1) is 7.63. The molecule has 1 rings (SSSR count). The maximum absolute atomic E-state index is 8.79. The average molecular weight is 218 g/mol. The Morgan fingerprint density at radius 3 is 2.81 bits per heavy atom. The van der Waals surface area contributed by atoms with Crippen molar-refractivity contribution in [2.24, 2.45) is 0 Å². The Balaban J connectivity index is 2.50. The highest BCUT2D eigenvalue weighted by Gasteiger charge is 1.99. The Morgan fingerprint density at radius 2 is 2.19 bits per heavy atom. The van der Waals surface area contributed by atoms with Crippen LogP contribution in [-0.4, -0.2) is 19.3 Å². The number of rotatable bonds is 5. The van der Waals surface area contributed by atoms with Crippen LogP contribution in [0.5, 0.6) is 0 Å². The first-order valence-corrected chi connectivity index (χ1v) is 5.49. The molecule has 0 saturated carbocycles. The van der Waals surface area contributed by atoms with Crippen LogP contribution in [0.2, 0.25) is 0 Å². The van der Waals surface area contributed by atoms with E-state index >= 15 is 0 Å². The van der Waals surface area contributed by atoms with Gasteiger partial charge in [-0.05, 0) is 38.5 Å². The summed E-state index contributed by atoms with van der Waals surface area (Å²) in [7, 11) is 0. The number of anilines is 1. The van der Waals surface area contributed by atoms with Gasteiger partial charge in [-0.2, -0.15) is 5.26 Å². The van der Waals surface area contributed by atoms with E-state index < -0.39 is 0 Å². The van der Waals surface area contributed by atoms with Crippen LogP contribution in [0.15, 0.2) is 18.2 Å². The van der Waals surface area contributed by atoms with E-state index in [-0.39, 0.29) is 6.10 Å². The van der Waals surface area contributed by atoms with Crippen LogP contribution in [0.3, 0.4) is 0 Å². The monoisotopic (exact) mass is 218 g/mol. The minimum atomic E-state index is 0.258. The summed E-state index contributed by atoms with van der Waals surface area (Å²) in [5, 5.41) is 12.1. The zero-order chi connectivity index (χ0) is 12.0. The lowest BCUT2D eigenvalue weighted by molar-refractivity contribution is 0.0870. The third-order valence-corrected chi connectivity index (χ3v) is 2.24. The number of hydrogen-bond acceptors (Lipinski definition) is 3. The first kappa shape index (κ1) is 12.5. The smallest absolute Gasteiger partial charge is 0.0992 e. The van der Waals surface area contributed by atoms with E-state index in [2.05, 4.69) is 11.4 Å². The molecule has 0 heterocycles. The predicted octanol–water partition coefficient (Wildman–Crippen LogP) is 2.70. The van der Waals surface area contributed by atoms with Gasteiger partial charge in [-0.3, -0.25) is 0 Å². The summed E-state index contributed by atoms with van der Waals surface area (Å²) in [4.78, 5) is 0. The lowest BCUT2D eigenvalue weighted by Crippen LogP contribution is -2.13. The highest BCUT2D eigenvalue weighted by Crippen LogP contribution is 2.15. The van der Waals surface area contributed by atoms with Crippen LogP contribution in [0.1, 0.15) is 25.0 Å². The number of ether oxygens (including phenoxy) is 1. The van der Waals surface area contributed by atoms with E-state index in [0.717, 1.165) is 17.8 Å². The molecule has 0 aliphatic heterocycles. The number of aryl methyl sites for hydroxylation is 1. The molecule has 86 valence electrons. The van der Waals surface area contributed by atoms with E-state index in [1.807, 2.05) is 39.0 Å². The molecule has 0 spiro atoms. The van der Waals surface area contributed by atoms with Crippen LogP contribution in [0.4, 0.5) is 5.69 Å². The Kier molecular flexibility index (Phi) is 4.81. The summed E-state index contributed by atoms with van der Waals surface area (Å²) in [6, 6.07) is 7.77. The van der Waals surface area contributed by atoms with Crippen molar-refractivity contribution in [2.45, 2.75) is 26.9 Å². The Morgan fingerprint density at radius 1 is 1.44 bits per heavy atom. The van der Waals surface area contributed by atoms with Crippen molar-refractivity contribution in [2.75, 3.05) is 18.5 Å². The second kappa shape index (κ2) is 6.14. The fourth-order valence-electron chi connectivity index (χ4n) is 1.36. The van der Waals surface area contributed by atoms with E-state index in [9.17, 15) is 0 Å². The lowest BCUT2D eigenvalue weighted by Gasteiger charge is -2.11. The van der Waals surface area contributed by atoms with Crippen molar-refractivity contribution < 1.29 is 4.74 Å². The van der Waals surface area contributed by atoms with Gasteiger partial charge in [0.15, 0.2) is 0 Å². The summed E-state index contributed by atoms with van der Waals surface area (Å²) in [5.74, 6) is 0. The minimum absolute atomic E-state index is 0.258. The highest BCUT2D eigenvalue weighted by molar-refractivity contribution is 5.55. The van der Waals surface area contributed by atoms with Gasteiger partial charge in [0, 0.05) is 12.2 Å². The summed E-state index contributed by atoms with van der Waals surface area (Å²) in [6.07, 6.45) is 0.258. The normalized spacial score (nSPS) is 10.2. The molecule has 0 aliphatic carbocycles. The molecule has 1 aromatic rings. The minimum Gasteiger partial charge on any atom is -0.382 e. The SMILES string of the molecule is Cc1ccc(C#N)cc1NCCOC(C)C. The quantitative estimate of drug-likeness (QED) is 0.773. The van der Waals surface area contributed by atoms with Crippen LogP contribution >= 0.6 is 0 Å². The van der Waals surface area contributed by atoms with Crippen molar-refractivity contribution in [3.05, 3.63) is 29.3 Å². The van der Waals surface area contributed by atoms with Gasteiger partial charge in [0.2, 0.25) is 0 Å². The fourth-order valence-corrected chi connectivity index (χ4v) is 1.36. The van der Waals surface area contributed by atoms with Crippen molar-refractivity contribution in [3.63, 3.8) is 0 Å². The molecular weight excluding hydrogens is 200 g/mol. The van der Waals surface area contributed by atoms with Gasteiger partial charge in [0.05, 0.1) is 24.3 Å². The fraction of sp³-hybridized carbons (Fsp3) is 0.462. The van der Waals surface area contributed by atoms with Crippen LogP contribution in [0, 0.1) is 18.3 Å². The molecule has 0 radical (unpaired) electrons. The van der Waals surface area contributed by atoms with Crippen molar-refractivity contribution >= 4 is 5.69 Å². The second-order valence-electron chi connectivity index (χ2n) is 3.99. The van der Waals surface area contributed by atoms with Crippen molar-refractivity contribution in [3.8, 4) is 6.07 Å². The number of nitriles is 1. The molecule has 0 amide bonds. The summed E-state index contributed by atoms with van der Waals surface area (Å²) < 4.78 is 5.43. The maximum Gasteiger partial charge on any atom is 0.0992 e. The van der Waals surface area contributed by atoms with E-state index in [1.165, 1.54) is 0 Å². The average Bonchev–Trinajstić information content (AvgIpc) is 2.26. The van der Waals surface area contributed by atoms with Gasteiger partial charge in [0.1, 0.15) is 0 Å². The highest BCUT2D eigenvalue weighted by atomic mass is 16.5. The molecule has 0 aliphatic rings. The zero-order valence-electron chi connectivity index (χ0n) is 10.1. The first-order valence-electron chi connectivity index (χ1n) is 5.49. The molecule has 0 atom stereocenters. The standard InChI is InChI=1S/C13H18N2O/c1-10(2)16-7-6-15-13-8-12(9-14)5-4-11(13)3/h4-5,8,10,15H,6-7H2,1-3H3. The number of hydrogen-bond donors (Lipinski definition) is 1. The summed E-state index contributed by atoms with van der Waals surface area (Å²) in [5.41, 5.74) is 2.83. The van der Waals surface area contributed by atoms with Crippen LogP contribution in [-0.2, 0) is 4.74 Å². The third kappa shape index (κ3) is 3.92. The molecule has 0 bridgehead atoms. The number of nitrogens with zero attached hydrogens (tertiary/aromatic N) is 1. The lowest BCUT2D eigenvalue weighted by atomic mass is 10.1. The molecule has 0 unspecified atom stereocenters. The van der Waals surface area contributed by atoms with Crippen molar-refractivity contribution in [1.29, 1.82) is 5.26 Å². The number of benzene rings is 1. The molecule has 1 N–H and O–H groups in total. The van der Waals surface area contributed by atoms with Crippen LogP contribution < -0.4 is 5.32 Å². The topological polar surface area (TPSA) is 45.0 Å². The molecule has 0 aromatic heterocycles. The van der Waals surface area contributed by atoms with E-state index in [4.69, 9.17) is 10.00 Å². The van der Waals surface area contributed by atoms with Gasteiger partial charge in [-0.15, -0.1) is 0 Å². The van der Waals surface area contributed by atoms with Gasteiger partial charge in [0.25, 0.3) is 0 Å². The molecule has 0 fully saturated rings. The Bertz CT molecular complexity index is 380. The second-order valence-corrected chi connectivity index (χ2v) is 3.99. The Labute approximate surface area is 97.0 Å². The van der Waals surface area contributed by atoms with Crippen molar-refractivity contribution in [1.82, 2.24) is 0 Å². The van der Waals surface area contributed by atoms with E-state index in [0.29, 0.717) is 12.2 Å². The molecule has 1 aromatic carbocycles. The largest absolute Gasteiger partial charge is 0.382 e. The van der Waals surface area contributed by atoms with Gasteiger partial charge in [-0.1, -0.05) is 6.07 Å². The zero-order valence-corrected chi connectivity index (χ0v) is 10.1. The molecule has 3 heteroatoms. The maximum atomic E-state index is 8.79. The molecule has 3 nitrogen and oxygen atoms in total. The molecular formula is C13H18N2O. The van der Waals surface area contributed by atoms with E-state index in [1.54, 1.807) is 0 Å². The summed E-state index contributed by atoms with van der Waals surface area (Å²) in [6.45, 7) is 7.48. The summed E-state index contributed by atoms with van der Waals surface area (Å²) >= 11 is 0. The third-order valence-electron chi connectivity index (χ3n) is 2.24. The van der Waals surface area contributed by atoms with Gasteiger partial charge in [-0.25, -0.2) is 0 Å². The predicted molar refractivity (Wildman–Crippen MR) is 65.5 cm³/mol. The molecule has 0 saturated heterocycles.